The van der Waals surface area contributed by atoms with Crippen LogP contribution in [0, 0.1) is 5.92 Å². The van der Waals surface area contributed by atoms with E-state index in [4.69, 9.17) is 9.97 Å². The summed E-state index contributed by atoms with van der Waals surface area (Å²) < 4.78 is 0.982. The molecule has 6 heteroatoms. The molecule has 0 aliphatic carbocycles. The Hall–Kier alpha value is -3.25. The van der Waals surface area contributed by atoms with E-state index in [0.29, 0.717) is 31.3 Å². The molecule has 0 radical (unpaired) electrons. The van der Waals surface area contributed by atoms with Gasteiger partial charge in [-0.05, 0) is 42.2 Å². The van der Waals surface area contributed by atoms with Crippen molar-refractivity contribution < 1.29 is 4.79 Å². The number of nitrogens with zero attached hydrogens (tertiary/aromatic N) is 3. The number of halogens is 1. The van der Waals surface area contributed by atoms with Crippen molar-refractivity contribution in [3.05, 3.63) is 88.9 Å². The van der Waals surface area contributed by atoms with Crippen LogP contribution < -0.4 is 10.2 Å². The number of anilines is 1. The molecule has 0 saturated carbocycles. The molecule has 1 N–H and O–H groups in total. The number of carbonyl (C=O) groups is 1. The van der Waals surface area contributed by atoms with E-state index in [1.54, 1.807) is 0 Å². The topological polar surface area (TPSA) is 58.1 Å². The standard InChI is InChI=1S/C29H31BrN4O/c1-21(2)20-31-27(35)16-18-34(17-15-22-9-4-3-5-10-22)29-25-13-6-7-14-26(25)32-28(33-29)23-11-8-12-24(30)19-23/h3-14,19,21H,15-18,20H2,1-2H3,(H,31,35). The molecule has 0 atom stereocenters. The van der Waals surface area contributed by atoms with E-state index in [2.05, 4.69) is 70.3 Å². The molecule has 1 aromatic heterocycles. The Morgan fingerprint density at radius 2 is 1.71 bits per heavy atom. The van der Waals surface area contributed by atoms with Gasteiger partial charge in [0.15, 0.2) is 5.82 Å². The molecule has 4 rings (SSSR count). The number of nitrogens with one attached hydrogen (secondary N) is 1. The van der Waals surface area contributed by atoms with Gasteiger partial charge in [-0.1, -0.05) is 84.4 Å². The molecule has 0 saturated heterocycles. The smallest absolute Gasteiger partial charge is 0.221 e. The first-order chi connectivity index (χ1) is 17.0. The fourth-order valence-corrected chi connectivity index (χ4v) is 4.33. The van der Waals surface area contributed by atoms with E-state index in [1.807, 2.05) is 48.5 Å². The zero-order valence-electron chi connectivity index (χ0n) is 20.2. The summed E-state index contributed by atoms with van der Waals surface area (Å²) in [5.41, 5.74) is 3.10. The van der Waals surface area contributed by atoms with Gasteiger partial charge < -0.3 is 10.2 Å². The lowest BCUT2D eigenvalue weighted by atomic mass is 10.1. The lowest BCUT2D eigenvalue weighted by molar-refractivity contribution is -0.121. The van der Waals surface area contributed by atoms with Crippen LogP contribution in [0.5, 0.6) is 0 Å². The molecule has 0 aliphatic heterocycles. The first-order valence-corrected chi connectivity index (χ1v) is 12.9. The van der Waals surface area contributed by atoms with Gasteiger partial charge in [0.05, 0.1) is 5.52 Å². The number of hydrogen-bond donors (Lipinski definition) is 1. The maximum absolute atomic E-state index is 12.6. The number of benzene rings is 3. The van der Waals surface area contributed by atoms with Crippen LogP contribution in [0.2, 0.25) is 0 Å². The van der Waals surface area contributed by atoms with Gasteiger partial charge in [0.1, 0.15) is 5.82 Å². The van der Waals surface area contributed by atoms with Crippen LogP contribution >= 0.6 is 15.9 Å². The Morgan fingerprint density at radius 1 is 0.943 bits per heavy atom. The summed E-state index contributed by atoms with van der Waals surface area (Å²) >= 11 is 3.56. The summed E-state index contributed by atoms with van der Waals surface area (Å²) in [6.07, 6.45) is 1.27. The monoisotopic (exact) mass is 530 g/mol. The fraction of sp³-hybridized carbons (Fsp3) is 0.276. The molecule has 1 amide bonds. The minimum absolute atomic E-state index is 0.0639. The number of aromatic nitrogens is 2. The molecule has 0 unspecified atom stereocenters. The van der Waals surface area contributed by atoms with Crippen molar-refractivity contribution in [2.75, 3.05) is 24.5 Å². The zero-order valence-corrected chi connectivity index (χ0v) is 21.8. The van der Waals surface area contributed by atoms with Gasteiger partial charge >= 0.3 is 0 Å². The van der Waals surface area contributed by atoms with Crippen molar-refractivity contribution >= 4 is 38.6 Å². The van der Waals surface area contributed by atoms with Gasteiger partial charge in [0.25, 0.3) is 0 Å². The van der Waals surface area contributed by atoms with Crippen LogP contribution in [0.25, 0.3) is 22.3 Å². The molecule has 180 valence electrons. The highest BCUT2D eigenvalue weighted by molar-refractivity contribution is 9.10. The highest BCUT2D eigenvalue weighted by atomic mass is 79.9. The van der Waals surface area contributed by atoms with Crippen LogP contribution in [0.4, 0.5) is 5.82 Å². The van der Waals surface area contributed by atoms with Gasteiger partial charge in [0, 0.05) is 41.5 Å². The van der Waals surface area contributed by atoms with Crippen molar-refractivity contribution in [3.63, 3.8) is 0 Å². The maximum atomic E-state index is 12.6. The van der Waals surface area contributed by atoms with E-state index in [1.165, 1.54) is 5.56 Å². The predicted octanol–water partition coefficient (Wildman–Crippen LogP) is 6.27. The summed E-state index contributed by atoms with van der Waals surface area (Å²) in [5.74, 6) is 2.02. The van der Waals surface area contributed by atoms with E-state index < -0.39 is 0 Å². The average molecular weight is 531 g/mol. The number of hydrogen-bond acceptors (Lipinski definition) is 4. The second kappa shape index (κ2) is 11.9. The highest BCUT2D eigenvalue weighted by Gasteiger charge is 2.17. The third kappa shape index (κ3) is 6.89. The van der Waals surface area contributed by atoms with Crippen LogP contribution in [0.1, 0.15) is 25.8 Å². The predicted molar refractivity (Wildman–Crippen MR) is 147 cm³/mol. The summed E-state index contributed by atoms with van der Waals surface area (Å²) in [7, 11) is 0. The largest absolute Gasteiger partial charge is 0.356 e. The Morgan fingerprint density at radius 3 is 2.49 bits per heavy atom. The normalized spacial score (nSPS) is 11.1. The summed E-state index contributed by atoms with van der Waals surface area (Å²) in [6.45, 7) is 6.22. The number of fused-ring (bicyclic) bond motifs is 1. The molecule has 5 nitrogen and oxygen atoms in total. The summed E-state index contributed by atoms with van der Waals surface area (Å²) in [5, 5.41) is 4.03. The third-order valence-electron chi connectivity index (χ3n) is 5.79. The number of para-hydroxylation sites is 1. The molecule has 0 fully saturated rings. The minimum atomic E-state index is 0.0639. The Balaban J connectivity index is 1.69. The molecule has 0 spiro atoms. The van der Waals surface area contributed by atoms with Crippen LogP contribution in [0.15, 0.2) is 83.3 Å². The fourth-order valence-electron chi connectivity index (χ4n) is 3.93. The zero-order chi connectivity index (χ0) is 24.6. The van der Waals surface area contributed by atoms with Crippen LogP contribution in [-0.2, 0) is 11.2 Å². The SMILES string of the molecule is CC(C)CNC(=O)CCN(CCc1ccccc1)c1nc(-c2cccc(Br)c2)nc2ccccc12. The maximum Gasteiger partial charge on any atom is 0.221 e. The van der Waals surface area contributed by atoms with Crippen molar-refractivity contribution in [2.24, 2.45) is 5.92 Å². The molecular formula is C29H31BrN4O. The molecule has 35 heavy (non-hydrogen) atoms. The van der Waals surface area contributed by atoms with Gasteiger partial charge in [-0.25, -0.2) is 9.97 Å². The first kappa shape index (κ1) is 24.9. The van der Waals surface area contributed by atoms with Crippen molar-refractivity contribution in [1.29, 1.82) is 0 Å². The molecule has 1 heterocycles. The highest BCUT2D eigenvalue weighted by Crippen LogP contribution is 2.29. The Kier molecular flexibility index (Phi) is 8.48. The van der Waals surface area contributed by atoms with E-state index in [0.717, 1.165) is 39.7 Å². The molecular weight excluding hydrogens is 500 g/mol. The van der Waals surface area contributed by atoms with Crippen molar-refractivity contribution in [2.45, 2.75) is 26.7 Å². The van der Waals surface area contributed by atoms with Crippen LogP contribution in [-0.4, -0.2) is 35.5 Å². The third-order valence-corrected chi connectivity index (χ3v) is 6.29. The van der Waals surface area contributed by atoms with E-state index in [-0.39, 0.29) is 5.91 Å². The number of amides is 1. The molecule has 4 aromatic rings. The van der Waals surface area contributed by atoms with Crippen molar-refractivity contribution in [3.8, 4) is 11.4 Å². The van der Waals surface area contributed by atoms with Crippen LogP contribution in [0.3, 0.4) is 0 Å². The van der Waals surface area contributed by atoms with E-state index >= 15 is 0 Å². The second-order valence-corrected chi connectivity index (χ2v) is 9.98. The number of carbonyl (C=O) groups excluding carboxylic acids is 1. The summed E-state index contributed by atoms with van der Waals surface area (Å²) in [6, 6.07) is 26.5. The lowest BCUT2D eigenvalue weighted by Crippen LogP contribution is -2.34. The summed E-state index contributed by atoms with van der Waals surface area (Å²) in [4.78, 5) is 24.7. The van der Waals surface area contributed by atoms with Gasteiger partial charge in [-0.3, -0.25) is 4.79 Å². The van der Waals surface area contributed by atoms with Gasteiger partial charge in [-0.2, -0.15) is 0 Å². The van der Waals surface area contributed by atoms with Gasteiger partial charge in [-0.15, -0.1) is 0 Å². The Labute approximate surface area is 215 Å². The minimum Gasteiger partial charge on any atom is -0.356 e. The molecule has 0 aliphatic rings. The molecule has 0 bridgehead atoms. The number of rotatable bonds is 10. The van der Waals surface area contributed by atoms with E-state index in [9.17, 15) is 4.79 Å². The van der Waals surface area contributed by atoms with Crippen molar-refractivity contribution in [1.82, 2.24) is 15.3 Å². The quantitative estimate of drug-likeness (QED) is 0.262. The first-order valence-electron chi connectivity index (χ1n) is 12.1. The second-order valence-electron chi connectivity index (χ2n) is 9.07. The van der Waals surface area contributed by atoms with Gasteiger partial charge in [0.2, 0.25) is 5.91 Å². The average Bonchev–Trinajstić information content (AvgIpc) is 2.87. The Bertz CT molecular complexity index is 1280. The molecule has 3 aromatic carbocycles. The lowest BCUT2D eigenvalue weighted by Gasteiger charge is -2.25.